The number of thioether (sulfide) groups is 1. The second kappa shape index (κ2) is 15.1. The number of rotatable bonds is 10. The van der Waals surface area contributed by atoms with Gasteiger partial charge in [-0.3, -0.25) is 4.58 Å². The van der Waals surface area contributed by atoms with Gasteiger partial charge in [0.2, 0.25) is 0 Å². The van der Waals surface area contributed by atoms with E-state index in [1.54, 1.807) is 36.9 Å². The Balaban J connectivity index is 1.44. The molecule has 6 nitrogen and oxygen atoms in total. The molecule has 0 amide bonds. The van der Waals surface area contributed by atoms with Crippen molar-refractivity contribution >= 4 is 22.6 Å². The predicted octanol–water partition coefficient (Wildman–Crippen LogP) is 7.51. The minimum atomic E-state index is -4.84. The summed E-state index contributed by atoms with van der Waals surface area (Å²) in [4.78, 5) is 4.36. The Morgan fingerprint density at radius 3 is 2.41 bits per heavy atom. The fourth-order valence-corrected chi connectivity index (χ4v) is 7.07. The van der Waals surface area contributed by atoms with E-state index in [4.69, 9.17) is 4.74 Å². The van der Waals surface area contributed by atoms with Gasteiger partial charge in [0.25, 0.3) is 6.43 Å². The van der Waals surface area contributed by atoms with E-state index < -0.39 is 30.4 Å². The maximum Gasteiger partial charge on any atom is 0.415 e. The maximum absolute atomic E-state index is 13.8. The lowest BCUT2D eigenvalue weighted by atomic mass is 10.0. The van der Waals surface area contributed by atoms with Crippen molar-refractivity contribution in [3.8, 4) is 17.2 Å². The van der Waals surface area contributed by atoms with E-state index in [2.05, 4.69) is 27.0 Å². The number of phenols is 2. The lowest BCUT2D eigenvalue weighted by Crippen LogP contribution is -2.45. The number of halogens is 5. The number of amidine groups is 1. The molecule has 248 valence electrons. The van der Waals surface area contributed by atoms with E-state index in [0.29, 0.717) is 12.5 Å². The van der Waals surface area contributed by atoms with E-state index in [1.807, 2.05) is 32.2 Å². The highest BCUT2D eigenvalue weighted by Crippen LogP contribution is 2.38. The summed E-state index contributed by atoms with van der Waals surface area (Å²) >= 11 is 1.74. The predicted molar refractivity (Wildman–Crippen MR) is 173 cm³/mol. The van der Waals surface area contributed by atoms with Crippen LogP contribution in [0.3, 0.4) is 0 Å². The summed E-state index contributed by atoms with van der Waals surface area (Å²) in [5.74, 6) is 0.108. The number of para-hydroxylation sites is 2. The van der Waals surface area contributed by atoms with Crippen molar-refractivity contribution in [3.63, 3.8) is 0 Å². The molecule has 2 fully saturated rings. The Morgan fingerprint density at radius 2 is 1.83 bits per heavy atom. The number of benzene rings is 2. The summed E-state index contributed by atoms with van der Waals surface area (Å²) in [6.45, 7) is 9.19. The van der Waals surface area contributed by atoms with Gasteiger partial charge in [-0.1, -0.05) is 37.8 Å². The minimum Gasteiger partial charge on any atom is -0.506 e. The van der Waals surface area contributed by atoms with E-state index in [0.717, 1.165) is 48.3 Å². The van der Waals surface area contributed by atoms with Crippen LogP contribution in [0.5, 0.6) is 17.2 Å². The van der Waals surface area contributed by atoms with Crippen molar-refractivity contribution < 1.29 is 41.5 Å². The first-order valence-corrected chi connectivity index (χ1v) is 15.8. The van der Waals surface area contributed by atoms with Crippen LogP contribution in [0, 0.1) is 0 Å². The smallest absolute Gasteiger partial charge is 0.415 e. The fourth-order valence-electron chi connectivity index (χ4n) is 5.53. The van der Waals surface area contributed by atoms with Crippen molar-refractivity contribution in [1.29, 1.82) is 0 Å². The number of ether oxygens (including phenoxy) is 1. The maximum atomic E-state index is 13.8. The number of phenolic OH excluding ortho intramolecular Hbond substituents is 2. The second-order valence-electron chi connectivity index (χ2n) is 11.0. The van der Waals surface area contributed by atoms with Crippen molar-refractivity contribution in [2.24, 2.45) is 0 Å². The summed E-state index contributed by atoms with van der Waals surface area (Å²) in [7, 11) is 2.04. The third-order valence-corrected chi connectivity index (χ3v) is 9.33. The molecule has 0 spiro atoms. The normalized spacial score (nSPS) is 19.1. The van der Waals surface area contributed by atoms with E-state index in [9.17, 15) is 32.2 Å². The Labute approximate surface area is 270 Å². The fraction of sp³-hybridized carbons (Fsp3) is 0.382. The molecule has 0 bridgehead atoms. The van der Waals surface area contributed by atoms with Crippen LogP contribution in [0.25, 0.3) is 0 Å². The molecule has 0 saturated carbocycles. The van der Waals surface area contributed by atoms with Gasteiger partial charge in [0.05, 0.1) is 31.1 Å². The van der Waals surface area contributed by atoms with Gasteiger partial charge < -0.3 is 19.8 Å². The molecule has 1 unspecified atom stereocenters. The van der Waals surface area contributed by atoms with Crippen molar-refractivity contribution in [3.05, 3.63) is 95.3 Å². The first kappa shape index (κ1) is 34.9. The van der Waals surface area contributed by atoms with Crippen LogP contribution in [0.4, 0.5) is 27.6 Å². The van der Waals surface area contributed by atoms with E-state index in [-0.39, 0.29) is 34.5 Å². The summed E-state index contributed by atoms with van der Waals surface area (Å²) in [6, 6.07) is 12.2. The number of allylic oxidation sites excluding steroid dienone is 4. The SMILES string of the molecule is C=C(/C=C(\C(=C/CC)COc1ccc(CC2SC(=[N+]3CCN(c4ccccc4O)CC3)N(C)/C2=C\C)cc1O)C(F)F)C(F)(F)F. The standard InChI is InChI=1S/C34H38F5N3O3S/c1-5-9-24(25(32(35)36)18-22(3)34(37,38)39)21-45-30-13-12-23(19-29(30)44)20-31-26(6-2)40(4)33(46-31)42-16-14-41(15-17-42)27-10-7-8-11-28(27)43/h6-13,18-19,31-32H,3,5,14-17,20-21H2,1-2,4H3,(H-,43,44)/p+1/b24-9-,25-18+,26-6-. The number of aromatic hydroxyl groups is 2. The van der Waals surface area contributed by atoms with Crippen LogP contribution in [-0.2, 0) is 6.42 Å². The van der Waals surface area contributed by atoms with Crippen LogP contribution in [0.1, 0.15) is 25.8 Å². The zero-order chi connectivity index (χ0) is 33.6. The lowest BCUT2D eigenvalue weighted by molar-refractivity contribution is -0.530. The van der Waals surface area contributed by atoms with E-state index in [1.165, 1.54) is 12.1 Å². The molecule has 12 heteroatoms. The number of piperazine rings is 1. The number of hydrogen-bond acceptors (Lipinski definition) is 5. The molecular formula is C34H39F5N3O3S+. The van der Waals surface area contributed by atoms with Gasteiger partial charge in [-0.15, -0.1) is 0 Å². The molecule has 2 aromatic rings. The quantitative estimate of drug-likeness (QED) is 0.156. The van der Waals surface area contributed by atoms with E-state index >= 15 is 0 Å². The van der Waals surface area contributed by atoms with Gasteiger partial charge in [0.1, 0.15) is 31.1 Å². The van der Waals surface area contributed by atoms with Gasteiger partial charge in [0, 0.05) is 11.1 Å². The molecule has 2 aliphatic rings. The summed E-state index contributed by atoms with van der Waals surface area (Å²) in [6.07, 6.45) is -3.34. The van der Waals surface area contributed by atoms with Gasteiger partial charge in [0.15, 0.2) is 11.5 Å². The topological polar surface area (TPSA) is 59.2 Å². The van der Waals surface area contributed by atoms with Gasteiger partial charge in [-0.2, -0.15) is 13.2 Å². The molecule has 2 heterocycles. The second-order valence-corrected chi connectivity index (χ2v) is 12.2. The Kier molecular flexibility index (Phi) is 11.5. The molecule has 0 aliphatic carbocycles. The molecule has 2 aromatic carbocycles. The number of alkyl halides is 5. The Morgan fingerprint density at radius 1 is 1.13 bits per heavy atom. The molecule has 4 rings (SSSR count). The average molecular weight is 665 g/mol. The van der Waals surface area contributed by atoms with Crippen molar-refractivity contribution in [2.75, 3.05) is 44.7 Å². The Bertz CT molecular complexity index is 1540. The molecule has 2 saturated heterocycles. The summed E-state index contributed by atoms with van der Waals surface area (Å²) in [5.41, 5.74) is 0.466. The first-order chi connectivity index (χ1) is 21.8. The summed E-state index contributed by atoms with van der Waals surface area (Å²) in [5, 5.41) is 22.2. The highest BCUT2D eigenvalue weighted by molar-refractivity contribution is 8.14. The third-order valence-electron chi connectivity index (χ3n) is 7.90. The van der Waals surface area contributed by atoms with Crippen molar-refractivity contribution in [1.82, 2.24) is 4.90 Å². The zero-order valence-electron chi connectivity index (χ0n) is 26.0. The van der Waals surface area contributed by atoms with Crippen LogP contribution in [-0.4, -0.2) is 82.5 Å². The number of anilines is 1. The highest BCUT2D eigenvalue weighted by Gasteiger charge is 2.40. The molecule has 2 N–H and O–H groups in total. The zero-order valence-corrected chi connectivity index (χ0v) is 26.8. The minimum absolute atomic E-state index is 0.0334. The molecule has 46 heavy (non-hydrogen) atoms. The molecule has 0 radical (unpaired) electrons. The van der Waals surface area contributed by atoms with Crippen LogP contribution < -0.4 is 9.64 Å². The van der Waals surface area contributed by atoms with Crippen LogP contribution >= 0.6 is 11.8 Å². The molecule has 1 atom stereocenters. The Hall–Kier alpha value is -3.93. The third kappa shape index (κ3) is 8.26. The largest absolute Gasteiger partial charge is 0.506 e. The molecular weight excluding hydrogens is 625 g/mol. The first-order valence-electron chi connectivity index (χ1n) is 14.9. The lowest BCUT2D eigenvalue weighted by Gasteiger charge is -2.30. The van der Waals surface area contributed by atoms with Crippen LogP contribution in [0.15, 0.2) is 89.7 Å². The molecule has 0 aromatic heterocycles. The van der Waals surface area contributed by atoms with Crippen LogP contribution in [0.2, 0.25) is 0 Å². The monoisotopic (exact) mass is 664 g/mol. The number of hydrogen-bond donors (Lipinski definition) is 2. The summed E-state index contributed by atoms with van der Waals surface area (Å²) < 4.78 is 74.4. The molecule has 2 aliphatic heterocycles. The number of nitrogens with zero attached hydrogens (tertiary/aromatic N) is 3. The van der Waals surface area contributed by atoms with Gasteiger partial charge in [-0.05, 0) is 79.1 Å². The van der Waals surface area contributed by atoms with Crippen molar-refractivity contribution in [2.45, 2.75) is 44.5 Å². The van der Waals surface area contributed by atoms with Gasteiger partial charge >= 0.3 is 11.3 Å². The highest BCUT2D eigenvalue weighted by atomic mass is 32.2. The van der Waals surface area contributed by atoms with Gasteiger partial charge in [-0.25, -0.2) is 13.7 Å². The average Bonchev–Trinajstić information content (AvgIpc) is 3.32.